The molecular formula is C12H8Cl2N2O3S. The molecule has 0 aliphatic carbocycles. The summed E-state index contributed by atoms with van der Waals surface area (Å²) in [6.07, 6.45) is 0. The summed E-state index contributed by atoms with van der Waals surface area (Å²) in [6, 6.07) is 11.2. The number of nitrogens with zero attached hydrogens (tertiary/aromatic N) is 2. The molecule has 0 unspecified atom stereocenters. The Labute approximate surface area is 125 Å². The van der Waals surface area contributed by atoms with Crippen LogP contribution in [0, 0.1) is 0 Å². The van der Waals surface area contributed by atoms with Crippen LogP contribution in [-0.4, -0.2) is 13.0 Å². The van der Waals surface area contributed by atoms with Crippen molar-refractivity contribution in [1.29, 1.82) is 0 Å². The van der Waals surface area contributed by atoms with Crippen molar-refractivity contribution in [2.75, 3.05) is 0 Å². The second-order valence-electron chi connectivity index (χ2n) is 3.74. The van der Waals surface area contributed by atoms with Gasteiger partial charge in [0.25, 0.3) is 10.1 Å². The third kappa shape index (κ3) is 3.55. The molecule has 0 heterocycles. The fourth-order valence-corrected chi connectivity index (χ4v) is 2.69. The van der Waals surface area contributed by atoms with Crippen molar-refractivity contribution in [3.63, 3.8) is 0 Å². The first-order valence-corrected chi connectivity index (χ1v) is 7.51. The fourth-order valence-electron chi connectivity index (χ4n) is 1.40. The second-order valence-corrected chi connectivity index (χ2v) is 5.95. The quantitative estimate of drug-likeness (QED) is 0.656. The minimum absolute atomic E-state index is 0.0155. The van der Waals surface area contributed by atoms with Gasteiger partial charge in [-0.3, -0.25) is 4.55 Å². The summed E-state index contributed by atoms with van der Waals surface area (Å²) >= 11 is 11.7. The molecule has 0 saturated carbocycles. The average Bonchev–Trinajstić information content (AvgIpc) is 2.39. The molecule has 0 aliphatic heterocycles. The van der Waals surface area contributed by atoms with Crippen molar-refractivity contribution in [2.45, 2.75) is 4.90 Å². The maximum atomic E-state index is 11.1. The number of halogens is 2. The van der Waals surface area contributed by atoms with E-state index in [0.29, 0.717) is 5.69 Å². The molecule has 0 radical (unpaired) electrons. The lowest BCUT2D eigenvalue weighted by Crippen LogP contribution is -1.98. The minimum atomic E-state index is -4.43. The highest BCUT2D eigenvalue weighted by atomic mass is 35.5. The number of azo groups is 1. The van der Waals surface area contributed by atoms with Crippen LogP contribution in [0.4, 0.5) is 11.4 Å². The van der Waals surface area contributed by atoms with Gasteiger partial charge in [0.15, 0.2) is 0 Å². The summed E-state index contributed by atoms with van der Waals surface area (Å²) < 4.78 is 31.1. The van der Waals surface area contributed by atoms with Gasteiger partial charge >= 0.3 is 0 Å². The van der Waals surface area contributed by atoms with E-state index in [1.807, 2.05) is 6.07 Å². The summed E-state index contributed by atoms with van der Waals surface area (Å²) in [5, 5.41) is 7.67. The lowest BCUT2D eigenvalue weighted by atomic mass is 10.3. The topological polar surface area (TPSA) is 79.1 Å². The fraction of sp³-hybridized carbons (Fsp3) is 0. The van der Waals surface area contributed by atoms with Crippen molar-refractivity contribution in [3.05, 3.63) is 52.5 Å². The van der Waals surface area contributed by atoms with E-state index < -0.39 is 15.0 Å². The maximum absolute atomic E-state index is 11.1. The van der Waals surface area contributed by atoms with E-state index in [1.54, 1.807) is 24.3 Å². The van der Waals surface area contributed by atoms with Crippen LogP contribution in [0.3, 0.4) is 0 Å². The number of hydrogen-bond donors (Lipinski definition) is 1. The lowest BCUT2D eigenvalue weighted by molar-refractivity contribution is 0.483. The third-order valence-electron chi connectivity index (χ3n) is 2.31. The Morgan fingerprint density at radius 2 is 1.60 bits per heavy atom. The Balaban J connectivity index is 2.40. The summed E-state index contributed by atoms with van der Waals surface area (Å²) in [5.41, 5.74) is 0.812. The summed E-state index contributed by atoms with van der Waals surface area (Å²) in [5.74, 6) is 0. The summed E-state index contributed by atoms with van der Waals surface area (Å²) in [6.45, 7) is 0. The number of rotatable bonds is 3. The monoisotopic (exact) mass is 330 g/mol. The standard InChI is InChI=1S/C12H8Cl2N2O3S/c13-9-7-12(20(17,18)19)10(14)6-11(9)16-15-8-4-2-1-3-5-8/h1-7H,(H,17,18,19)/b16-15+. The zero-order chi connectivity index (χ0) is 14.8. The van der Waals surface area contributed by atoms with Gasteiger partial charge in [0.2, 0.25) is 0 Å². The van der Waals surface area contributed by atoms with Crippen LogP contribution in [0.1, 0.15) is 0 Å². The van der Waals surface area contributed by atoms with Crippen LogP contribution in [0.5, 0.6) is 0 Å². The van der Waals surface area contributed by atoms with E-state index in [9.17, 15) is 8.42 Å². The van der Waals surface area contributed by atoms with Gasteiger partial charge in [-0.1, -0.05) is 41.4 Å². The molecule has 0 aliphatic rings. The first kappa shape index (κ1) is 14.9. The molecule has 0 amide bonds. The Morgan fingerprint density at radius 3 is 2.20 bits per heavy atom. The largest absolute Gasteiger partial charge is 0.296 e. The summed E-state index contributed by atoms with van der Waals surface area (Å²) in [7, 11) is -4.43. The second kappa shape index (κ2) is 5.88. The average molecular weight is 331 g/mol. The van der Waals surface area contributed by atoms with Gasteiger partial charge in [-0.2, -0.15) is 13.5 Å². The summed E-state index contributed by atoms with van der Waals surface area (Å²) in [4.78, 5) is -0.470. The van der Waals surface area contributed by atoms with E-state index >= 15 is 0 Å². The molecule has 0 saturated heterocycles. The molecule has 0 atom stereocenters. The van der Waals surface area contributed by atoms with Crippen molar-refractivity contribution < 1.29 is 13.0 Å². The molecule has 0 spiro atoms. The molecule has 0 fully saturated rings. The van der Waals surface area contributed by atoms with Gasteiger partial charge in [0.05, 0.1) is 15.7 Å². The van der Waals surface area contributed by atoms with Crippen LogP contribution in [0.15, 0.2) is 57.6 Å². The third-order valence-corrected chi connectivity index (χ3v) is 3.93. The Hall–Kier alpha value is -1.47. The molecule has 1 N–H and O–H groups in total. The Morgan fingerprint density at radius 1 is 0.950 bits per heavy atom. The first-order valence-electron chi connectivity index (χ1n) is 5.31. The van der Waals surface area contributed by atoms with Crippen LogP contribution in [0.25, 0.3) is 0 Å². The zero-order valence-electron chi connectivity index (χ0n) is 9.86. The predicted molar refractivity (Wildman–Crippen MR) is 76.9 cm³/mol. The minimum Gasteiger partial charge on any atom is -0.282 e. The molecule has 2 aromatic carbocycles. The smallest absolute Gasteiger partial charge is 0.282 e. The predicted octanol–water partition coefficient (Wildman–Crippen LogP) is 4.66. The Bertz CT molecular complexity index is 762. The molecule has 0 aromatic heterocycles. The lowest BCUT2D eigenvalue weighted by Gasteiger charge is -2.03. The van der Waals surface area contributed by atoms with E-state index in [2.05, 4.69) is 10.2 Å². The molecule has 5 nitrogen and oxygen atoms in total. The van der Waals surface area contributed by atoms with Gasteiger partial charge in [0, 0.05) is 0 Å². The molecule has 20 heavy (non-hydrogen) atoms. The van der Waals surface area contributed by atoms with Gasteiger partial charge in [-0.15, -0.1) is 5.11 Å². The van der Waals surface area contributed by atoms with E-state index in [-0.39, 0.29) is 15.7 Å². The van der Waals surface area contributed by atoms with E-state index in [4.69, 9.17) is 27.8 Å². The SMILES string of the molecule is O=S(=O)(O)c1cc(Cl)c(/N=N/c2ccccc2)cc1Cl. The molecule has 2 rings (SSSR count). The molecular weight excluding hydrogens is 323 g/mol. The van der Waals surface area contributed by atoms with Crippen LogP contribution in [0.2, 0.25) is 10.0 Å². The van der Waals surface area contributed by atoms with E-state index in [0.717, 1.165) is 6.07 Å². The van der Waals surface area contributed by atoms with Crippen molar-refractivity contribution in [1.82, 2.24) is 0 Å². The number of hydrogen-bond acceptors (Lipinski definition) is 4. The normalized spacial score (nSPS) is 11.9. The molecule has 0 bridgehead atoms. The van der Waals surface area contributed by atoms with Crippen LogP contribution >= 0.6 is 23.2 Å². The van der Waals surface area contributed by atoms with Gasteiger partial charge < -0.3 is 0 Å². The molecule has 2 aromatic rings. The maximum Gasteiger partial charge on any atom is 0.296 e. The van der Waals surface area contributed by atoms with Crippen LogP contribution in [-0.2, 0) is 10.1 Å². The highest BCUT2D eigenvalue weighted by Crippen LogP contribution is 2.34. The molecule has 8 heteroatoms. The van der Waals surface area contributed by atoms with Gasteiger partial charge in [-0.05, 0) is 24.3 Å². The van der Waals surface area contributed by atoms with Crippen molar-refractivity contribution >= 4 is 44.7 Å². The zero-order valence-corrected chi connectivity index (χ0v) is 12.2. The van der Waals surface area contributed by atoms with E-state index in [1.165, 1.54) is 6.07 Å². The Kier molecular flexibility index (Phi) is 4.39. The van der Waals surface area contributed by atoms with Gasteiger partial charge in [-0.25, -0.2) is 0 Å². The molecule has 104 valence electrons. The van der Waals surface area contributed by atoms with Crippen molar-refractivity contribution in [3.8, 4) is 0 Å². The van der Waals surface area contributed by atoms with Crippen LogP contribution < -0.4 is 0 Å². The van der Waals surface area contributed by atoms with Crippen molar-refractivity contribution in [2.24, 2.45) is 10.2 Å². The highest BCUT2D eigenvalue weighted by molar-refractivity contribution is 7.86. The first-order chi connectivity index (χ1) is 9.38. The number of benzene rings is 2. The highest BCUT2D eigenvalue weighted by Gasteiger charge is 2.17. The van der Waals surface area contributed by atoms with Gasteiger partial charge in [0.1, 0.15) is 10.6 Å².